The molecule has 0 aliphatic carbocycles. The zero-order valence-electron chi connectivity index (χ0n) is 12.0. The Kier molecular flexibility index (Phi) is 4.09. The first kappa shape index (κ1) is 13.3. The van der Waals surface area contributed by atoms with Gasteiger partial charge in [-0.2, -0.15) is 0 Å². The van der Waals surface area contributed by atoms with Crippen LogP contribution in [0.3, 0.4) is 0 Å². The topological polar surface area (TPSA) is 28.2 Å². The average Bonchev–Trinajstić information content (AvgIpc) is 2.48. The fourth-order valence-electron chi connectivity index (χ4n) is 2.82. The molecule has 0 unspecified atom stereocenters. The van der Waals surface area contributed by atoms with Crippen LogP contribution in [0.1, 0.15) is 22.5 Å². The summed E-state index contributed by atoms with van der Waals surface area (Å²) in [6, 6.07) is 15.1. The quantitative estimate of drug-likeness (QED) is 0.921. The largest absolute Gasteiger partial charge is 0.314 e. The summed E-state index contributed by atoms with van der Waals surface area (Å²) in [6.07, 6.45) is 1.15. The summed E-state index contributed by atoms with van der Waals surface area (Å²) in [5, 5.41) is 3.15. The summed E-state index contributed by atoms with van der Waals surface area (Å²) in [6.45, 7) is 3.92. The Morgan fingerprint density at radius 1 is 1.05 bits per heavy atom. The van der Waals surface area contributed by atoms with Gasteiger partial charge in [-0.25, -0.2) is 0 Å². The van der Waals surface area contributed by atoms with Gasteiger partial charge < -0.3 is 5.32 Å². The van der Waals surface area contributed by atoms with Crippen LogP contribution in [0.5, 0.6) is 0 Å². The highest BCUT2D eigenvalue weighted by molar-refractivity contribution is 5.29. The number of aromatic nitrogens is 1. The molecule has 3 rings (SSSR count). The molecule has 2 heterocycles. The van der Waals surface area contributed by atoms with Gasteiger partial charge in [-0.3, -0.25) is 9.88 Å². The molecule has 0 spiro atoms. The SMILES string of the molecule is CNCc1cccc(CN2CCc3ccccc3C2)n1. The second-order valence-electron chi connectivity index (χ2n) is 5.38. The van der Waals surface area contributed by atoms with Gasteiger partial charge in [0.25, 0.3) is 0 Å². The zero-order valence-corrected chi connectivity index (χ0v) is 12.0. The van der Waals surface area contributed by atoms with Crippen LogP contribution in [0, 0.1) is 0 Å². The smallest absolute Gasteiger partial charge is 0.0548 e. The maximum absolute atomic E-state index is 4.71. The fraction of sp³-hybridized carbons (Fsp3) is 0.353. The van der Waals surface area contributed by atoms with Crippen LogP contribution in [0.15, 0.2) is 42.5 Å². The second-order valence-corrected chi connectivity index (χ2v) is 5.38. The van der Waals surface area contributed by atoms with Crippen LogP contribution in [-0.2, 0) is 26.1 Å². The van der Waals surface area contributed by atoms with Crippen LogP contribution < -0.4 is 5.32 Å². The Morgan fingerprint density at radius 2 is 1.85 bits per heavy atom. The summed E-state index contributed by atoms with van der Waals surface area (Å²) in [5.41, 5.74) is 5.24. The van der Waals surface area contributed by atoms with Gasteiger partial charge in [0.1, 0.15) is 0 Å². The lowest BCUT2D eigenvalue weighted by atomic mass is 10.00. The van der Waals surface area contributed by atoms with Crippen LogP contribution in [0.4, 0.5) is 0 Å². The molecule has 0 atom stereocenters. The van der Waals surface area contributed by atoms with Crippen molar-refractivity contribution in [2.75, 3.05) is 13.6 Å². The molecule has 1 aliphatic rings. The minimum Gasteiger partial charge on any atom is -0.314 e. The van der Waals surface area contributed by atoms with Gasteiger partial charge >= 0.3 is 0 Å². The summed E-state index contributed by atoms with van der Waals surface area (Å²) >= 11 is 0. The van der Waals surface area contributed by atoms with Crippen molar-refractivity contribution < 1.29 is 0 Å². The van der Waals surface area contributed by atoms with E-state index in [1.807, 2.05) is 7.05 Å². The Labute approximate surface area is 120 Å². The first-order chi connectivity index (χ1) is 9.85. The molecule has 0 fully saturated rings. The molecule has 20 heavy (non-hydrogen) atoms. The Morgan fingerprint density at radius 3 is 2.70 bits per heavy atom. The number of hydrogen-bond acceptors (Lipinski definition) is 3. The van der Waals surface area contributed by atoms with Crippen molar-refractivity contribution in [1.82, 2.24) is 15.2 Å². The van der Waals surface area contributed by atoms with Gasteiger partial charge in [0.05, 0.1) is 11.4 Å². The molecule has 3 heteroatoms. The van der Waals surface area contributed by atoms with E-state index >= 15 is 0 Å². The van der Waals surface area contributed by atoms with E-state index < -0.39 is 0 Å². The Balaban J connectivity index is 1.69. The summed E-state index contributed by atoms with van der Waals surface area (Å²) < 4.78 is 0. The number of nitrogens with one attached hydrogen (secondary N) is 1. The summed E-state index contributed by atoms with van der Waals surface area (Å²) in [4.78, 5) is 7.19. The van der Waals surface area contributed by atoms with Crippen LogP contribution in [0.25, 0.3) is 0 Å². The highest BCUT2D eigenvalue weighted by Gasteiger charge is 2.16. The van der Waals surface area contributed by atoms with Crippen LogP contribution >= 0.6 is 0 Å². The normalized spacial score (nSPS) is 15.1. The number of hydrogen-bond donors (Lipinski definition) is 1. The van der Waals surface area contributed by atoms with E-state index in [4.69, 9.17) is 4.98 Å². The first-order valence-corrected chi connectivity index (χ1v) is 7.24. The molecule has 1 aromatic heterocycles. The lowest BCUT2D eigenvalue weighted by molar-refractivity contribution is 0.242. The molecule has 2 aromatic rings. The molecule has 104 valence electrons. The van der Waals surface area contributed by atoms with Gasteiger partial charge in [-0.15, -0.1) is 0 Å². The highest BCUT2D eigenvalue weighted by Crippen LogP contribution is 2.19. The van der Waals surface area contributed by atoms with Crippen LogP contribution in [0.2, 0.25) is 0 Å². The lowest BCUT2D eigenvalue weighted by Crippen LogP contribution is -2.30. The number of benzene rings is 1. The van der Waals surface area contributed by atoms with Gasteiger partial charge in [0.2, 0.25) is 0 Å². The van der Waals surface area contributed by atoms with E-state index in [9.17, 15) is 0 Å². The van der Waals surface area contributed by atoms with Gasteiger partial charge in [0, 0.05) is 26.2 Å². The number of pyridine rings is 1. The number of nitrogens with zero attached hydrogens (tertiary/aromatic N) is 2. The average molecular weight is 267 g/mol. The van der Waals surface area contributed by atoms with Crippen molar-refractivity contribution >= 4 is 0 Å². The van der Waals surface area contributed by atoms with E-state index in [0.717, 1.165) is 44.0 Å². The van der Waals surface area contributed by atoms with Gasteiger partial charge in [0.15, 0.2) is 0 Å². The van der Waals surface area contributed by atoms with Crippen molar-refractivity contribution in [3.8, 4) is 0 Å². The standard InChI is InChI=1S/C17H21N3/c1-18-11-16-7-4-8-17(19-16)13-20-10-9-14-5-2-3-6-15(14)12-20/h2-8,18H,9-13H2,1H3. The van der Waals surface area contributed by atoms with Crippen molar-refractivity contribution in [3.63, 3.8) is 0 Å². The Hall–Kier alpha value is -1.71. The van der Waals surface area contributed by atoms with Gasteiger partial charge in [-0.1, -0.05) is 30.3 Å². The Bertz CT molecular complexity index is 580. The maximum Gasteiger partial charge on any atom is 0.0548 e. The number of rotatable bonds is 4. The first-order valence-electron chi connectivity index (χ1n) is 7.24. The molecule has 0 saturated heterocycles. The lowest BCUT2D eigenvalue weighted by Gasteiger charge is -2.28. The minimum atomic E-state index is 0.830. The monoisotopic (exact) mass is 267 g/mol. The van der Waals surface area contributed by atoms with E-state index in [2.05, 4.69) is 52.7 Å². The third kappa shape index (κ3) is 3.06. The number of fused-ring (bicyclic) bond motifs is 1. The van der Waals surface area contributed by atoms with E-state index in [-0.39, 0.29) is 0 Å². The van der Waals surface area contributed by atoms with E-state index in [1.165, 1.54) is 11.1 Å². The van der Waals surface area contributed by atoms with Crippen LogP contribution in [-0.4, -0.2) is 23.5 Å². The third-order valence-electron chi connectivity index (χ3n) is 3.82. The van der Waals surface area contributed by atoms with Crippen molar-refractivity contribution in [2.24, 2.45) is 0 Å². The molecule has 3 nitrogen and oxygen atoms in total. The molecule has 0 bridgehead atoms. The molecule has 1 aromatic carbocycles. The van der Waals surface area contributed by atoms with Crippen molar-refractivity contribution in [2.45, 2.75) is 26.1 Å². The molecule has 0 amide bonds. The summed E-state index contributed by atoms with van der Waals surface area (Å²) in [7, 11) is 1.95. The zero-order chi connectivity index (χ0) is 13.8. The molecule has 1 N–H and O–H groups in total. The predicted molar refractivity (Wildman–Crippen MR) is 81.3 cm³/mol. The molecule has 0 saturated carbocycles. The van der Waals surface area contributed by atoms with Crippen molar-refractivity contribution in [1.29, 1.82) is 0 Å². The second kappa shape index (κ2) is 6.16. The highest BCUT2D eigenvalue weighted by atomic mass is 15.1. The third-order valence-corrected chi connectivity index (χ3v) is 3.82. The molecule has 0 radical (unpaired) electrons. The molecular weight excluding hydrogens is 246 g/mol. The fourth-order valence-corrected chi connectivity index (χ4v) is 2.82. The summed E-state index contributed by atoms with van der Waals surface area (Å²) in [5.74, 6) is 0. The molecule has 1 aliphatic heterocycles. The minimum absolute atomic E-state index is 0.830. The predicted octanol–water partition coefficient (Wildman–Crippen LogP) is 2.36. The maximum atomic E-state index is 4.71. The van der Waals surface area contributed by atoms with Crippen molar-refractivity contribution in [3.05, 3.63) is 65.0 Å². The van der Waals surface area contributed by atoms with Gasteiger partial charge in [-0.05, 0) is 36.7 Å². The molecular formula is C17H21N3. The van der Waals surface area contributed by atoms with E-state index in [0.29, 0.717) is 0 Å². The van der Waals surface area contributed by atoms with E-state index in [1.54, 1.807) is 0 Å².